The van der Waals surface area contributed by atoms with E-state index >= 15 is 0 Å². The first kappa shape index (κ1) is 18.3. The fourth-order valence-electron chi connectivity index (χ4n) is 1.93. The first-order valence-electron chi connectivity index (χ1n) is 7.06. The van der Waals surface area contributed by atoms with Gasteiger partial charge in [0.25, 0.3) is 11.8 Å². The van der Waals surface area contributed by atoms with Crippen LogP contribution in [0.4, 0.5) is 5.69 Å². The summed E-state index contributed by atoms with van der Waals surface area (Å²) in [4.78, 5) is 24.4. The molecular formula is C15H23ClN3O3+. The van der Waals surface area contributed by atoms with E-state index in [2.05, 4.69) is 10.6 Å². The Hall–Kier alpha value is -1.79. The molecule has 122 valence electrons. The molecule has 7 heteroatoms. The van der Waals surface area contributed by atoms with Gasteiger partial charge in [-0.2, -0.15) is 0 Å². The summed E-state index contributed by atoms with van der Waals surface area (Å²) in [7, 11) is 3.32. The number of amides is 2. The van der Waals surface area contributed by atoms with Crippen molar-refractivity contribution in [1.82, 2.24) is 5.32 Å². The highest BCUT2D eigenvalue weighted by atomic mass is 35.5. The Kier molecular flexibility index (Phi) is 7.14. The Bertz CT molecular complexity index is 535. The summed E-state index contributed by atoms with van der Waals surface area (Å²) in [5, 5.41) is 5.97. The second-order valence-corrected chi connectivity index (χ2v) is 5.84. The number of methoxy groups -OCH3 is 1. The van der Waals surface area contributed by atoms with Crippen LogP contribution in [0.2, 0.25) is 5.02 Å². The molecule has 0 heterocycles. The largest absolute Gasteiger partial charge is 0.495 e. The third kappa shape index (κ3) is 6.32. The Morgan fingerprint density at radius 1 is 1.27 bits per heavy atom. The molecule has 1 unspecified atom stereocenters. The van der Waals surface area contributed by atoms with Crippen LogP contribution in [0, 0.1) is 0 Å². The fraction of sp³-hybridized carbons (Fsp3) is 0.467. The van der Waals surface area contributed by atoms with E-state index in [4.69, 9.17) is 16.3 Å². The van der Waals surface area contributed by atoms with Gasteiger partial charge in [-0.15, -0.1) is 0 Å². The predicted octanol–water partition coefficient (Wildman–Crippen LogP) is 0.326. The molecule has 0 fully saturated rings. The van der Waals surface area contributed by atoms with Gasteiger partial charge in [-0.1, -0.05) is 11.6 Å². The number of rotatable bonds is 7. The lowest BCUT2D eigenvalue weighted by atomic mass is 10.3. The number of ether oxygens (including phenoxy) is 1. The predicted molar refractivity (Wildman–Crippen MR) is 86.5 cm³/mol. The van der Waals surface area contributed by atoms with Gasteiger partial charge in [0.1, 0.15) is 5.75 Å². The summed E-state index contributed by atoms with van der Waals surface area (Å²) in [6.45, 7) is 4.23. The SMILES string of the molecule is COc1ccc(NC(=O)C[NH+](C)CC(=O)NC(C)C)cc1Cl. The van der Waals surface area contributed by atoms with Crippen molar-refractivity contribution < 1.29 is 19.2 Å². The van der Waals surface area contributed by atoms with Crippen molar-refractivity contribution in [1.29, 1.82) is 0 Å². The topological polar surface area (TPSA) is 71.9 Å². The minimum atomic E-state index is -0.184. The second kappa shape index (κ2) is 8.60. The molecule has 0 saturated carbocycles. The molecule has 0 spiro atoms. The maximum atomic E-state index is 12.0. The van der Waals surface area contributed by atoms with Crippen molar-refractivity contribution in [3.05, 3.63) is 23.2 Å². The van der Waals surface area contributed by atoms with Crippen molar-refractivity contribution in [3.8, 4) is 5.75 Å². The van der Waals surface area contributed by atoms with E-state index in [0.717, 1.165) is 4.90 Å². The first-order chi connectivity index (χ1) is 10.3. The highest BCUT2D eigenvalue weighted by Crippen LogP contribution is 2.26. The van der Waals surface area contributed by atoms with Gasteiger partial charge in [0, 0.05) is 11.7 Å². The van der Waals surface area contributed by atoms with Gasteiger partial charge >= 0.3 is 0 Å². The minimum Gasteiger partial charge on any atom is -0.495 e. The van der Waals surface area contributed by atoms with Gasteiger partial charge in [-0.25, -0.2) is 0 Å². The fourth-order valence-corrected chi connectivity index (χ4v) is 2.19. The lowest BCUT2D eigenvalue weighted by molar-refractivity contribution is -0.862. The average molecular weight is 329 g/mol. The van der Waals surface area contributed by atoms with E-state index in [1.54, 1.807) is 25.2 Å². The number of benzene rings is 1. The first-order valence-corrected chi connectivity index (χ1v) is 7.43. The van der Waals surface area contributed by atoms with E-state index in [1.807, 2.05) is 13.8 Å². The van der Waals surface area contributed by atoms with Crippen LogP contribution in [0.5, 0.6) is 5.75 Å². The number of hydrogen-bond acceptors (Lipinski definition) is 3. The standard InChI is InChI=1S/C15H22ClN3O3/c1-10(2)17-14(20)8-19(3)9-15(21)18-11-5-6-13(22-4)12(16)7-11/h5-7,10H,8-9H2,1-4H3,(H,17,20)(H,18,21)/p+1. The van der Waals surface area contributed by atoms with E-state index in [9.17, 15) is 9.59 Å². The Balaban J connectivity index is 2.48. The van der Waals surface area contributed by atoms with Crippen LogP contribution < -0.4 is 20.3 Å². The van der Waals surface area contributed by atoms with Crippen LogP contribution in [0.3, 0.4) is 0 Å². The maximum Gasteiger partial charge on any atom is 0.279 e. The molecule has 1 aromatic carbocycles. The summed E-state index contributed by atoms with van der Waals surface area (Å²) >= 11 is 6.00. The smallest absolute Gasteiger partial charge is 0.279 e. The molecule has 22 heavy (non-hydrogen) atoms. The number of quaternary nitrogens is 1. The minimum absolute atomic E-state index is 0.0761. The quantitative estimate of drug-likeness (QED) is 0.675. The van der Waals surface area contributed by atoms with Gasteiger partial charge in [0.05, 0.1) is 19.2 Å². The Morgan fingerprint density at radius 3 is 2.45 bits per heavy atom. The molecule has 0 aromatic heterocycles. The van der Waals surface area contributed by atoms with E-state index in [1.165, 1.54) is 7.11 Å². The number of carbonyl (C=O) groups is 2. The third-order valence-electron chi connectivity index (χ3n) is 2.81. The van der Waals surface area contributed by atoms with Crippen molar-refractivity contribution in [2.45, 2.75) is 19.9 Å². The molecule has 1 aromatic rings. The van der Waals surface area contributed by atoms with E-state index in [-0.39, 0.29) is 30.9 Å². The average Bonchev–Trinajstić information content (AvgIpc) is 2.37. The summed E-state index contributed by atoms with van der Waals surface area (Å²) in [6.07, 6.45) is 0. The zero-order valence-corrected chi connectivity index (χ0v) is 14.1. The van der Waals surface area contributed by atoms with Crippen LogP contribution in [-0.2, 0) is 9.59 Å². The van der Waals surface area contributed by atoms with Crippen molar-refractivity contribution in [2.24, 2.45) is 0 Å². The normalized spacial score (nSPS) is 11.9. The van der Waals surface area contributed by atoms with Crippen LogP contribution in [0.25, 0.3) is 0 Å². The lowest BCUT2D eigenvalue weighted by Gasteiger charge is -2.15. The number of nitrogens with one attached hydrogen (secondary N) is 3. The molecule has 0 aliphatic heterocycles. The molecule has 6 nitrogen and oxygen atoms in total. The van der Waals surface area contributed by atoms with Gasteiger partial charge in [0.15, 0.2) is 13.1 Å². The molecule has 0 aliphatic rings. The summed E-state index contributed by atoms with van der Waals surface area (Å²) in [5.74, 6) is 0.289. The zero-order valence-electron chi connectivity index (χ0n) is 13.3. The number of anilines is 1. The summed E-state index contributed by atoms with van der Waals surface area (Å²) < 4.78 is 5.05. The van der Waals surface area contributed by atoms with Gasteiger partial charge in [-0.3, -0.25) is 9.59 Å². The molecule has 1 rings (SSSR count). The van der Waals surface area contributed by atoms with Crippen molar-refractivity contribution in [2.75, 3.05) is 32.6 Å². The second-order valence-electron chi connectivity index (χ2n) is 5.43. The molecule has 3 N–H and O–H groups in total. The van der Waals surface area contributed by atoms with Crippen LogP contribution in [0.15, 0.2) is 18.2 Å². The van der Waals surface area contributed by atoms with Crippen molar-refractivity contribution >= 4 is 29.1 Å². The maximum absolute atomic E-state index is 12.0. The molecular weight excluding hydrogens is 306 g/mol. The van der Waals surface area contributed by atoms with Crippen molar-refractivity contribution in [3.63, 3.8) is 0 Å². The van der Waals surface area contributed by atoms with Gasteiger partial charge in [-0.05, 0) is 32.0 Å². The zero-order chi connectivity index (χ0) is 16.7. The summed E-state index contributed by atoms with van der Waals surface area (Å²) in [6, 6.07) is 5.11. The molecule has 1 atom stereocenters. The monoisotopic (exact) mass is 328 g/mol. The number of carbonyl (C=O) groups excluding carboxylic acids is 2. The van der Waals surface area contributed by atoms with Crippen LogP contribution >= 0.6 is 11.6 Å². The molecule has 0 aliphatic carbocycles. The molecule has 0 saturated heterocycles. The van der Waals surface area contributed by atoms with Gasteiger partial charge in [0.2, 0.25) is 0 Å². The highest BCUT2D eigenvalue weighted by molar-refractivity contribution is 6.32. The molecule has 0 bridgehead atoms. The van der Waals surface area contributed by atoms with Gasteiger partial charge < -0.3 is 20.3 Å². The third-order valence-corrected chi connectivity index (χ3v) is 3.11. The van der Waals surface area contributed by atoms with Crippen LogP contribution in [-0.4, -0.2) is 45.1 Å². The highest BCUT2D eigenvalue weighted by Gasteiger charge is 2.15. The number of halogens is 1. The van der Waals surface area contributed by atoms with Crippen LogP contribution in [0.1, 0.15) is 13.8 Å². The molecule has 0 radical (unpaired) electrons. The van der Waals surface area contributed by atoms with E-state index in [0.29, 0.717) is 16.5 Å². The number of hydrogen-bond donors (Lipinski definition) is 3. The molecule has 2 amide bonds. The Labute approximate surface area is 135 Å². The number of likely N-dealkylation sites (N-methyl/N-ethyl adjacent to an activating group) is 1. The summed E-state index contributed by atoms with van der Waals surface area (Å²) in [5.41, 5.74) is 0.593. The van der Waals surface area contributed by atoms with E-state index < -0.39 is 0 Å². The lowest BCUT2D eigenvalue weighted by Crippen LogP contribution is -3.11. The Morgan fingerprint density at radius 2 is 1.91 bits per heavy atom.